The lowest BCUT2D eigenvalue weighted by molar-refractivity contribution is -0.192. The van der Waals surface area contributed by atoms with Gasteiger partial charge in [-0.15, -0.1) is 0 Å². The molecule has 0 bridgehead atoms. The van der Waals surface area contributed by atoms with Crippen molar-refractivity contribution in [3.05, 3.63) is 53.9 Å². The molecule has 2 saturated heterocycles. The van der Waals surface area contributed by atoms with Gasteiger partial charge in [0.25, 0.3) is 0 Å². The Morgan fingerprint density at radius 2 is 2.15 bits per heavy atom. The molecule has 1 aromatic heterocycles. The highest BCUT2D eigenvalue weighted by Gasteiger charge is 2.43. The Balaban J connectivity index is 0.000000383. The number of ether oxygens (including phenoxy) is 2. The van der Waals surface area contributed by atoms with Gasteiger partial charge in [0.15, 0.2) is 0 Å². The fourth-order valence-corrected chi connectivity index (χ4v) is 3.98. The number of alkyl halides is 3. The maximum Gasteiger partial charge on any atom is 0.490 e. The summed E-state index contributed by atoms with van der Waals surface area (Å²) in [4.78, 5) is 11.3. The molecule has 1 spiro atoms. The molecule has 0 aliphatic carbocycles. The molecule has 2 unspecified atom stereocenters. The fourth-order valence-electron chi connectivity index (χ4n) is 3.98. The highest BCUT2D eigenvalue weighted by molar-refractivity contribution is 5.73. The van der Waals surface area contributed by atoms with Gasteiger partial charge >= 0.3 is 12.1 Å². The zero-order chi connectivity index (χ0) is 23.9. The summed E-state index contributed by atoms with van der Waals surface area (Å²) >= 11 is 0. The number of nitrogens with zero attached hydrogens (tertiary/aromatic N) is 4. The van der Waals surface area contributed by atoms with E-state index in [-0.39, 0.29) is 11.7 Å². The van der Waals surface area contributed by atoms with Gasteiger partial charge in [0.2, 0.25) is 0 Å². The van der Waals surface area contributed by atoms with E-state index in [9.17, 15) is 13.2 Å². The summed E-state index contributed by atoms with van der Waals surface area (Å²) in [5.41, 5.74) is 1.63. The number of rotatable bonds is 4. The van der Waals surface area contributed by atoms with Crippen LogP contribution in [0.15, 0.2) is 42.7 Å². The van der Waals surface area contributed by atoms with Gasteiger partial charge in [-0.3, -0.25) is 9.58 Å². The Bertz CT molecular complexity index is 961. The van der Waals surface area contributed by atoms with Gasteiger partial charge in [0.1, 0.15) is 5.60 Å². The van der Waals surface area contributed by atoms with Crippen molar-refractivity contribution >= 4 is 5.97 Å². The largest absolute Gasteiger partial charge is 0.490 e. The maximum absolute atomic E-state index is 10.6. The van der Waals surface area contributed by atoms with Crippen LogP contribution in [-0.2, 0) is 27.4 Å². The Morgan fingerprint density at radius 1 is 1.36 bits per heavy atom. The minimum atomic E-state index is -5.08. The van der Waals surface area contributed by atoms with E-state index in [1.165, 1.54) is 0 Å². The van der Waals surface area contributed by atoms with Gasteiger partial charge in [0.05, 0.1) is 37.5 Å². The quantitative estimate of drug-likeness (QED) is 0.740. The monoisotopic (exact) mass is 466 g/mol. The molecular formula is C22H25F3N4O4. The van der Waals surface area contributed by atoms with Gasteiger partial charge in [-0.2, -0.15) is 23.5 Å². The minimum absolute atomic E-state index is 0.181. The topological polar surface area (TPSA) is 101 Å². The van der Waals surface area contributed by atoms with E-state index < -0.39 is 12.1 Å². The molecule has 2 fully saturated rings. The lowest BCUT2D eigenvalue weighted by atomic mass is 9.99. The van der Waals surface area contributed by atoms with E-state index in [0.29, 0.717) is 18.8 Å². The van der Waals surface area contributed by atoms with Crippen LogP contribution in [0.1, 0.15) is 24.0 Å². The molecule has 8 nitrogen and oxygen atoms in total. The average molecular weight is 466 g/mol. The first-order valence-corrected chi connectivity index (χ1v) is 10.4. The van der Waals surface area contributed by atoms with Crippen LogP contribution in [0.25, 0.3) is 0 Å². The van der Waals surface area contributed by atoms with Crippen LogP contribution in [0, 0.1) is 11.3 Å². The first kappa shape index (κ1) is 24.7. The zero-order valence-electron chi connectivity index (χ0n) is 17.9. The van der Waals surface area contributed by atoms with Gasteiger partial charge in [-0.25, -0.2) is 4.79 Å². The van der Waals surface area contributed by atoms with Gasteiger partial charge in [0, 0.05) is 32.0 Å². The summed E-state index contributed by atoms with van der Waals surface area (Å²) in [6.45, 7) is 4.71. The maximum atomic E-state index is 10.6. The Hall–Kier alpha value is -2.94. The first-order valence-electron chi connectivity index (χ1n) is 10.4. The number of nitriles is 1. The van der Waals surface area contributed by atoms with Crippen molar-refractivity contribution in [2.24, 2.45) is 0 Å². The highest BCUT2D eigenvalue weighted by Crippen LogP contribution is 2.34. The lowest BCUT2D eigenvalue weighted by Gasteiger charge is -2.32. The number of carboxylic acids is 1. The molecule has 0 amide bonds. The molecule has 1 N–H and O–H groups in total. The van der Waals surface area contributed by atoms with E-state index in [4.69, 9.17) is 24.6 Å². The van der Waals surface area contributed by atoms with Crippen molar-refractivity contribution < 1.29 is 32.5 Å². The highest BCUT2D eigenvalue weighted by atomic mass is 19.4. The first-order chi connectivity index (χ1) is 15.7. The predicted octanol–water partition coefficient (Wildman–Crippen LogP) is 2.84. The molecule has 2 aromatic rings. The number of aliphatic carboxylic acids is 1. The SMILES string of the molecule is N#Cc1cccc(CN2CCOCC3(CCC(Cn4cccn4)O3)C2)c1.O=C(O)C(F)(F)F. The van der Waals surface area contributed by atoms with Crippen LogP contribution >= 0.6 is 0 Å². The normalized spacial score (nSPS) is 23.4. The lowest BCUT2D eigenvalue weighted by Crippen LogP contribution is -2.44. The van der Waals surface area contributed by atoms with Crippen molar-refractivity contribution in [3.63, 3.8) is 0 Å². The predicted molar refractivity (Wildman–Crippen MR) is 110 cm³/mol. The molecule has 4 rings (SSSR count). The Morgan fingerprint density at radius 3 is 2.82 bits per heavy atom. The van der Waals surface area contributed by atoms with E-state index in [0.717, 1.165) is 44.6 Å². The second-order valence-corrected chi connectivity index (χ2v) is 8.07. The number of aromatic nitrogens is 2. The molecule has 3 heterocycles. The van der Waals surface area contributed by atoms with Crippen LogP contribution in [0.2, 0.25) is 0 Å². The summed E-state index contributed by atoms with van der Waals surface area (Å²) in [7, 11) is 0. The molecule has 1 aromatic carbocycles. The minimum Gasteiger partial charge on any atom is -0.475 e. The van der Waals surface area contributed by atoms with Crippen molar-refractivity contribution in [3.8, 4) is 6.07 Å². The molecule has 2 atom stereocenters. The van der Waals surface area contributed by atoms with E-state index >= 15 is 0 Å². The van der Waals surface area contributed by atoms with Crippen molar-refractivity contribution in [2.75, 3.05) is 26.3 Å². The molecule has 33 heavy (non-hydrogen) atoms. The third kappa shape index (κ3) is 7.28. The summed E-state index contributed by atoms with van der Waals surface area (Å²) in [6.07, 6.45) is 0.915. The van der Waals surface area contributed by atoms with Crippen molar-refractivity contribution in [1.29, 1.82) is 5.26 Å². The zero-order valence-corrected chi connectivity index (χ0v) is 17.9. The molecule has 11 heteroatoms. The summed E-state index contributed by atoms with van der Waals surface area (Å²) in [5.74, 6) is -2.76. The summed E-state index contributed by atoms with van der Waals surface area (Å²) < 4.78 is 46.0. The van der Waals surface area contributed by atoms with Crippen LogP contribution < -0.4 is 0 Å². The molecule has 178 valence electrons. The van der Waals surface area contributed by atoms with E-state index in [2.05, 4.69) is 22.1 Å². The third-order valence-electron chi connectivity index (χ3n) is 5.42. The van der Waals surface area contributed by atoms with Gasteiger partial charge < -0.3 is 14.6 Å². The summed E-state index contributed by atoms with van der Waals surface area (Å²) in [5, 5.41) is 20.5. The number of carboxylic acid groups (broad SMARTS) is 1. The van der Waals surface area contributed by atoms with Gasteiger partial charge in [-0.1, -0.05) is 12.1 Å². The Kier molecular flexibility index (Phi) is 8.07. The van der Waals surface area contributed by atoms with Crippen molar-refractivity contribution in [2.45, 2.75) is 43.8 Å². The molecular weight excluding hydrogens is 441 g/mol. The van der Waals surface area contributed by atoms with Crippen molar-refractivity contribution in [1.82, 2.24) is 14.7 Å². The molecule has 0 radical (unpaired) electrons. The molecule has 2 aliphatic rings. The Labute approximate surface area is 189 Å². The van der Waals surface area contributed by atoms with Crippen LogP contribution in [0.3, 0.4) is 0 Å². The van der Waals surface area contributed by atoms with Crippen LogP contribution in [0.5, 0.6) is 0 Å². The number of hydrogen-bond donors (Lipinski definition) is 1. The van der Waals surface area contributed by atoms with Crippen LogP contribution in [0.4, 0.5) is 13.2 Å². The van der Waals surface area contributed by atoms with Gasteiger partial charge in [-0.05, 0) is 36.6 Å². The smallest absolute Gasteiger partial charge is 0.475 e. The standard InChI is InChI=1S/C20H24N4O2.C2HF3O2/c21-12-17-3-1-4-18(11-17)13-23-9-10-25-16-20(15-23)6-5-19(26-20)14-24-8-2-7-22-24;3-2(4,5)1(6)7/h1-4,7-8,11,19H,5-6,9-10,13-16H2;(H,6,7). The molecule has 0 saturated carbocycles. The van der Waals surface area contributed by atoms with E-state index in [1.54, 1.807) is 6.20 Å². The van der Waals surface area contributed by atoms with E-state index in [1.807, 2.05) is 35.1 Å². The number of benzene rings is 1. The van der Waals surface area contributed by atoms with Crippen LogP contribution in [-0.4, -0.2) is 69.9 Å². The molecule has 2 aliphatic heterocycles. The average Bonchev–Trinajstić information content (AvgIpc) is 3.37. The second kappa shape index (κ2) is 10.8. The fraction of sp³-hybridized carbons (Fsp3) is 0.500. The number of hydrogen-bond acceptors (Lipinski definition) is 6. The number of halogens is 3. The second-order valence-electron chi connectivity index (χ2n) is 8.07. The summed E-state index contributed by atoms with van der Waals surface area (Å²) in [6, 6.07) is 12.0. The number of carbonyl (C=O) groups is 1. The third-order valence-corrected chi connectivity index (χ3v) is 5.42.